The summed E-state index contributed by atoms with van der Waals surface area (Å²) in [6.07, 6.45) is 10.6. The molecule has 25 heavy (non-hydrogen) atoms. The highest BCUT2D eigenvalue weighted by Crippen LogP contribution is 2.23. The summed E-state index contributed by atoms with van der Waals surface area (Å²) >= 11 is 5.34. The van der Waals surface area contributed by atoms with E-state index in [1.165, 1.54) is 31.2 Å². The number of hydrogen-bond acceptors (Lipinski definition) is 3. The van der Waals surface area contributed by atoms with E-state index in [9.17, 15) is 0 Å². The molecule has 1 heterocycles. The maximum absolute atomic E-state index is 5.34. The molecule has 1 aliphatic rings. The summed E-state index contributed by atoms with van der Waals surface area (Å²) in [5.74, 6) is 0.661. The molecule has 0 radical (unpaired) electrons. The molecule has 2 aromatic rings. The predicted molar refractivity (Wildman–Crippen MR) is 106 cm³/mol. The van der Waals surface area contributed by atoms with Crippen LogP contribution in [0.4, 0.5) is 0 Å². The summed E-state index contributed by atoms with van der Waals surface area (Å²) in [6.45, 7) is 3.03. The van der Waals surface area contributed by atoms with Crippen LogP contribution >= 0.6 is 12.2 Å². The first-order chi connectivity index (χ1) is 12.2. The molecule has 0 amide bonds. The van der Waals surface area contributed by atoms with Gasteiger partial charge in [-0.25, -0.2) is 0 Å². The van der Waals surface area contributed by atoms with Crippen LogP contribution in [0, 0.1) is 5.92 Å². The molecule has 0 bridgehead atoms. The number of nitrogens with zero attached hydrogens (tertiary/aromatic N) is 3. The number of nitrogens with one attached hydrogen (secondary N) is 2. The van der Waals surface area contributed by atoms with Gasteiger partial charge in [0.15, 0.2) is 5.11 Å². The fraction of sp³-hybridized carbons (Fsp3) is 0.421. The van der Waals surface area contributed by atoms with E-state index in [-0.39, 0.29) is 0 Å². The van der Waals surface area contributed by atoms with Crippen molar-refractivity contribution in [2.45, 2.75) is 45.2 Å². The van der Waals surface area contributed by atoms with Gasteiger partial charge in [-0.05, 0) is 36.5 Å². The van der Waals surface area contributed by atoms with Crippen LogP contribution in [0.1, 0.15) is 43.7 Å². The van der Waals surface area contributed by atoms with Crippen LogP contribution < -0.4 is 10.7 Å². The van der Waals surface area contributed by atoms with Crippen molar-refractivity contribution in [2.75, 3.05) is 0 Å². The number of aromatic nitrogens is 2. The standard InChI is InChI=1S/C19H25N5S/c1-15-7-5-6-10-18(15)22-19(25)23-20-11-17-12-21-24(14-17)13-16-8-3-2-4-9-16/h2-4,8-9,11-12,14-15,18H,5-7,10,13H2,1H3,(H2,22,23,25)/b20-11-/t15-,18-/m1/s1. The molecule has 3 rings (SSSR count). The fourth-order valence-electron chi connectivity index (χ4n) is 3.20. The van der Waals surface area contributed by atoms with Crippen molar-refractivity contribution in [1.29, 1.82) is 0 Å². The first-order valence-corrected chi connectivity index (χ1v) is 9.27. The van der Waals surface area contributed by atoms with Gasteiger partial charge in [0, 0.05) is 17.8 Å². The largest absolute Gasteiger partial charge is 0.358 e. The molecule has 132 valence electrons. The normalized spacial score (nSPS) is 20.5. The molecule has 0 spiro atoms. The minimum Gasteiger partial charge on any atom is -0.358 e. The van der Waals surface area contributed by atoms with Gasteiger partial charge >= 0.3 is 0 Å². The molecule has 2 N–H and O–H groups in total. The first kappa shape index (κ1) is 17.6. The van der Waals surface area contributed by atoms with Crippen molar-refractivity contribution in [3.63, 3.8) is 0 Å². The molecule has 0 unspecified atom stereocenters. The zero-order chi connectivity index (χ0) is 17.5. The van der Waals surface area contributed by atoms with Crippen LogP contribution in [0.25, 0.3) is 0 Å². The van der Waals surface area contributed by atoms with Crippen molar-refractivity contribution in [1.82, 2.24) is 20.5 Å². The minimum absolute atomic E-state index is 0.456. The van der Waals surface area contributed by atoms with Gasteiger partial charge in [0.1, 0.15) is 0 Å². The van der Waals surface area contributed by atoms with E-state index >= 15 is 0 Å². The highest BCUT2D eigenvalue weighted by Gasteiger charge is 2.21. The molecule has 1 fully saturated rings. The van der Waals surface area contributed by atoms with Crippen molar-refractivity contribution in [3.05, 3.63) is 53.9 Å². The maximum atomic E-state index is 5.34. The minimum atomic E-state index is 0.456. The summed E-state index contributed by atoms with van der Waals surface area (Å²) in [4.78, 5) is 0. The second kappa shape index (κ2) is 8.76. The Balaban J connectivity index is 1.46. The van der Waals surface area contributed by atoms with Gasteiger partial charge < -0.3 is 5.32 Å². The number of rotatable bonds is 5. The number of benzene rings is 1. The van der Waals surface area contributed by atoms with Crippen molar-refractivity contribution >= 4 is 23.5 Å². The summed E-state index contributed by atoms with van der Waals surface area (Å²) in [5, 5.41) is 12.6. The fourth-order valence-corrected chi connectivity index (χ4v) is 3.40. The topological polar surface area (TPSA) is 54.2 Å². The van der Waals surface area contributed by atoms with Crippen LogP contribution in [0.15, 0.2) is 47.8 Å². The Hall–Kier alpha value is -2.21. The van der Waals surface area contributed by atoms with Gasteiger partial charge in [0.05, 0.1) is 19.0 Å². The Bertz CT molecular complexity index is 710. The predicted octanol–water partition coefficient (Wildman–Crippen LogP) is 3.31. The van der Waals surface area contributed by atoms with E-state index < -0.39 is 0 Å². The van der Waals surface area contributed by atoms with Crippen molar-refractivity contribution in [3.8, 4) is 0 Å². The third-order valence-electron chi connectivity index (χ3n) is 4.65. The Morgan fingerprint density at radius 1 is 1.32 bits per heavy atom. The number of thiocarbonyl (C=S) groups is 1. The SMILES string of the molecule is C[C@@H]1CCCC[C@H]1NC(=S)N/N=C\c1cnn(Cc2ccccc2)c1. The lowest BCUT2D eigenvalue weighted by molar-refractivity contribution is 0.308. The van der Waals surface area contributed by atoms with Crippen LogP contribution in [0.2, 0.25) is 0 Å². The number of hydrogen-bond donors (Lipinski definition) is 2. The van der Waals surface area contributed by atoms with Crippen molar-refractivity contribution < 1.29 is 0 Å². The van der Waals surface area contributed by atoms with E-state index in [4.69, 9.17) is 12.2 Å². The van der Waals surface area contributed by atoms with Crippen LogP contribution in [0.3, 0.4) is 0 Å². The molecule has 2 atom stereocenters. The molecular weight excluding hydrogens is 330 g/mol. The van der Waals surface area contributed by atoms with Crippen LogP contribution in [0.5, 0.6) is 0 Å². The third kappa shape index (κ3) is 5.39. The molecule has 5 nitrogen and oxygen atoms in total. The Kier molecular flexibility index (Phi) is 6.17. The third-order valence-corrected chi connectivity index (χ3v) is 4.86. The zero-order valence-electron chi connectivity index (χ0n) is 14.6. The average Bonchev–Trinajstić information content (AvgIpc) is 3.05. The Labute approximate surface area is 154 Å². The average molecular weight is 356 g/mol. The van der Waals surface area contributed by atoms with E-state index in [2.05, 4.69) is 40.0 Å². The Morgan fingerprint density at radius 3 is 2.92 bits per heavy atom. The van der Waals surface area contributed by atoms with E-state index in [0.717, 1.165) is 12.1 Å². The molecule has 1 saturated carbocycles. The van der Waals surface area contributed by atoms with Gasteiger partial charge in [-0.2, -0.15) is 10.2 Å². The highest BCUT2D eigenvalue weighted by atomic mass is 32.1. The lowest BCUT2D eigenvalue weighted by atomic mass is 9.86. The van der Waals surface area contributed by atoms with Gasteiger partial charge in [0.25, 0.3) is 0 Å². The van der Waals surface area contributed by atoms with E-state index in [0.29, 0.717) is 17.1 Å². The molecule has 6 heteroatoms. The summed E-state index contributed by atoms with van der Waals surface area (Å²) in [7, 11) is 0. The summed E-state index contributed by atoms with van der Waals surface area (Å²) in [6, 6.07) is 10.7. The first-order valence-electron chi connectivity index (χ1n) is 8.86. The molecule has 0 saturated heterocycles. The second-order valence-corrected chi connectivity index (χ2v) is 7.08. The van der Waals surface area contributed by atoms with E-state index in [1.807, 2.05) is 29.1 Å². The van der Waals surface area contributed by atoms with Gasteiger partial charge in [-0.1, -0.05) is 50.1 Å². The highest BCUT2D eigenvalue weighted by molar-refractivity contribution is 7.80. The van der Waals surface area contributed by atoms with E-state index in [1.54, 1.807) is 12.4 Å². The second-order valence-electron chi connectivity index (χ2n) is 6.67. The summed E-state index contributed by atoms with van der Waals surface area (Å²) < 4.78 is 1.90. The van der Waals surface area contributed by atoms with Gasteiger partial charge in [-0.3, -0.25) is 10.1 Å². The van der Waals surface area contributed by atoms with Gasteiger partial charge in [0.2, 0.25) is 0 Å². The number of hydrazone groups is 1. The lowest BCUT2D eigenvalue weighted by Crippen LogP contribution is -2.44. The lowest BCUT2D eigenvalue weighted by Gasteiger charge is -2.30. The van der Waals surface area contributed by atoms with Gasteiger partial charge in [-0.15, -0.1) is 0 Å². The summed E-state index contributed by atoms with van der Waals surface area (Å²) in [5.41, 5.74) is 5.07. The Morgan fingerprint density at radius 2 is 2.12 bits per heavy atom. The maximum Gasteiger partial charge on any atom is 0.187 e. The van der Waals surface area contributed by atoms with Crippen LogP contribution in [-0.2, 0) is 6.54 Å². The quantitative estimate of drug-likeness (QED) is 0.491. The molecule has 1 aliphatic carbocycles. The molecule has 1 aromatic heterocycles. The zero-order valence-corrected chi connectivity index (χ0v) is 15.4. The molecule has 1 aromatic carbocycles. The smallest absolute Gasteiger partial charge is 0.187 e. The molecule has 0 aliphatic heterocycles. The van der Waals surface area contributed by atoms with Crippen LogP contribution in [-0.4, -0.2) is 27.1 Å². The van der Waals surface area contributed by atoms with Crippen molar-refractivity contribution in [2.24, 2.45) is 11.0 Å². The monoisotopic (exact) mass is 355 g/mol. The molecular formula is C19H25N5S.